The minimum Gasteiger partial charge on any atom is -0.337 e. The molecule has 0 atom stereocenters. The third-order valence-electron chi connectivity index (χ3n) is 6.33. The second-order valence-corrected chi connectivity index (χ2v) is 11.6. The largest absolute Gasteiger partial charge is 0.337 e. The fourth-order valence-corrected chi connectivity index (χ4v) is 5.49. The van der Waals surface area contributed by atoms with Crippen LogP contribution < -0.4 is 0 Å². The Morgan fingerprint density at radius 1 is 1.09 bits per heavy atom. The highest BCUT2D eigenvalue weighted by molar-refractivity contribution is 7.12. The van der Waals surface area contributed by atoms with Crippen LogP contribution >= 0.6 is 11.3 Å². The lowest BCUT2D eigenvalue weighted by atomic mass is 10.1. The molecule has 1 aliphatic heterocycles. The van der Waals surface area contributed by atoms with Crippen LogP contribution in [-0.4, -0.2) is 62.2 Å². The SMILES string of the molecule is Cc1cc(-c2cc(C(=O)N3CCCN(C(C)(C)C)CC3)c3cnn(C(C)C)c3n2)c(C)s1. The van der Waals surface area contributed by atoms with Crippen LogP contribution in [0.15, 0.2) is 18.3 Å². The minimum atomic E-state index is 0.0855. The molecular formula is C25H35N5OS. The molecule has 7 heteroatoms. The Bertz CT molecular complexity index is 1140. The van der Waals surface area contributed by atoms with Crippen molar-refractivity contribution in [1.82, 2.24) is 24.6 Å². The zero-order valence-corrected chi connectivity index (χ0v) is 21.2. The summed E-state index contributed by atoms with van der Waals surface area (Å²) in [6, 6.07) is 4.32. The smallest absolute Gasteiger partial charge is 0.254 e. The van der Waals surface area contributed by atoms with Crippen LogP contribution in [0.1, 0.15) is 67.2 Å². The maximum atomic E-state index is 13.8. The molecule has 172 valence electrons. The summed E-state index contributed by atoms with van der Waals surface area (Å²) in [5.41, 5.74) is 3.58. The molecular weight excluding hydrogens is 418 g/mol. The third-order valence-corrected chi connectivity index (χ3v) is 7.30. The van der Waals surface area contributed by atoms with Gasteiger partial charge in [0.05, 0.1) is 22.8 Å². The van der Waals surface area contributed by atoms with E-state index in [-0.39, 0.29) is 17.5 Å². The molecule has 0 aliphatic carbocycles. The summed E-state index contributed by atoms with van der Waals surface area (Å²) in [6.45, 7) is 18.6. The highest BCUT2D eigenvalue weighted by Crippen LogP contribution is 2.33. The Morgan fingerprint density at radius 2 is 1.84 bits per heavy atom. The molecule has 4 rings (SSSR count). The Morgan fingerprint density at radius 3 is 2.47 bits per heavy atom. The number of aromatic nitrogens is 3. The molecule has 3 aromatic rings. The molecule has 1 aliphatic rings. The van der Waals surface area contributed by atoms with Gasteiger partial charge in [-0.2, -0.15) is 5.10 Å². The Balaban J connectivity index is 1.77. The molecule has 0 bridgehead atoms. The maximum Gasteiger partial charge on any atom is 0.254 e. The van der Waals surface area contributed by atoms with Gasteiger partial charge in [0.15, 0.2) is 5.65 Å². The van der Waals surface area contributed by atoms with Gasteiger partial charge in [-0.3, -0.25) is 9.69 Å². The van der Waals surface area contributed by atoms with E-state index in [2.05, 4.69) is 64.5 Å². The Labute approximate surface area is 195 Å². The van der Waals surface area contributed by atoms with Gasteiger partial charge in [-0.1, -0.05) is 0 Å². The number of carbonyl (C=O) groups excluding carboxylic acids is 1. The van der Waals surface area contributed by atoms with Crippen LogP contribution in [0, 0.1) is 13.8 Å². The number of aryl methyl sites for hydroxylation is 2. The summed E-state index contributed by atoms with van der Waals surface area (Å²) in [5.74, 6) is 0.0855. The number of thiophene rings is 1. The van der Waals surface area contributed by atoms with Crippen molar-refractivity contribution in [2.45, 2.75) is 66.5 Å². The van der Waals surface area contributed by atoms with Gasteiger partial charge in [-0.05, 0) is 67.0 Å². The molecule has 0 spiro atoms. The number of rotatable bonds is 3. The molecule has 0 aromatic carbocycles. The fourth-order valence-electron chi connectivity index (χ4n) is 4.56. The molecule has 1 fully saturated rings. The molecule has 6 nitrogen and oxygen atoms in total. The first-order valence-corrected chi connectivity index (χ1v) is 12.4. The van der Waals surface area contributed by atoms with Crippen LogP contribution in [0.3, 0.4) is 0 Å². The quantitative estimate of drug-likeness (QED) is 0.540. The second-order valence-electron chi connectivity index (χ2n) is 10.1. The highest BCUT2D eigenvalue weighted by Gasteiger charge is 2.28. The molecule has 0 radical (unpaired) electrons. The number of amides is 1. The van der Waals surface area contributed by atoms with Crippen molar-refractivity contribution in [1.29, 1.82) is 0 Å². The van der Waals surface area contributed by atoms with E-state index in [4.69, 9.17) is 4.98 Å². The van der Waals surface area contributed by atoms with Crippen molar-refractivity contribution in [3.8, 4) is 11.3 Å². The van der Waals surface area contributed by atoms with E-state index in [1.54, 1.807) is 11.3 Å². The van der Waals surface area contributed by atoms with Crippen LogP contribution in [-0.2, 0) is 0 Å². The lowest BCUT2D eigenvalue weighted by Gasteiger charge is -2.34. The first-order valence-electron chi connectivity index (χ1n) is 11.6. The van der Waals surface area contributed by atoms with Crippen molar-refractivity contribution >= 4 is 28.3 Å². The first-order chi connectivity index (χ1) is 15.1. The van der Waals surface area contributed by atoms with Gasteiger partial charge < -0.3 is 4.90 Å². The van der Waals surface area contributed by atoms with Gasteiger partial charge in [-0.15, -0.1) is 11.3 Å². The van der Waals surface area contributed by atoms with E-state index >= 15 is 0 Å². The number of hydrogen-bond donors (Lipinski definition) is 0. The first kappa shape index (κ1) is 22.9. The van der Waals surface area contributed by atoms with Crippen molar-refractivity contribution < 1.29 is 4.79 Å². The molecule has 1 amide bonds. The average Bonchev–Trinajstić information content (AvgIpc) is 3.18. The van der Waals surface area contributed by atoms with Crippen molar-refractivity contribution in [2.24, 2.45) is 0 Å². The molecule has 4 heterocycles. The van der Waals surface area contributed by atoms with Gasteiger partial charge in [0, 0.05) is 53.1 Å². The van der Waals surface area contributed by atoms with Gasteiger partial charge in [0.1, 0.15) is 0 Å². The number of hydrogen-bond acceptors (Lipinski definition) is 5. The van der Waals surface area contributed by atoms with Gasteiger partial charge in [0.25, 0.3) is 5.91 Å². The summed E-state index contributed by atoms with van der Waals surface area (Å²) in [4.78, 5) is 25.8. The predicted molar refractivity (Wildman–Crippen MR) is 133 cm³/mol. The van der Waals surface area contributed by atoms with Crippen molar-refractivity contribution in [2.75, 3.05) is 26.2 Å². The molecule has 0 saturated carbocycles. The second kappa shape index (κ2) is 8.60. The molecule has 32 heavy (non-hydrogen) atoms. The lowest BCUT2D eigenvalue weighted by Crippen LogP contribution is -2.44. The van der Waals surface area contributed by atoms with Gasteiger partial charge in [0.2, 0.25) is 0 Å². The van der Waals surface area contributed by atoms with Crippen molar-refractivity contribution in [3.63, 3.8) is 0 Å². The lowest BCUT2D eigenvalue weighted by molar-refractivity contribution is 0.0751. The molecule has 1 saturated heterocycles. The monoisotopic (exact) mass is 453 g/mol. The predicted octanol–water partition coefficient (Wildman–Crippen LogP) is 5.30. The van der Waals surface area contributed by atoms with E-state index in [0.29, 0.717) is 5.56 Å². The van der Waals surface area contributed by atoms with Gasteiger partial charge >= 0.3 is 0 Å². The molecule has 0 unspecified atom stereocenters. The van der Waals surface area contributed by atoms with Crippen LogP contribution in [0.25, 0.3) is 22.3 Å². The summed E-state index contributed by atoms with van der Waals surface area (Å²) < 4.78 is 1.92. The zero-order chi connectivity index (χ0) is 23.2. The number of carbonyl (C=O) groups is 1. The zero-order valence-electron chi connectivity index (χ0n) is 20.4. The van der Waals surface area contributed by atoms with Crippen molar-refractivity contribution in [3.05, 3.63) is 33.6 Å². The molecule has 3 aromatic heterocycles. The van der Waals surface area contributed by atoms with E-state index in [9.17, 15) is 4.79 Å². The van der Waals surface area contributed by atoms with Gasteiger partial charge in [-0.25, -0.2) is 9.67 Å². The standard InChI is InChI=1S/C25H35N5OS/c1-16(2)30-23-21(15-26-30)20(14-22(27-23)19-13-17(3)32-18(19)4)24(31)28-9-8-10-29(12-11-28)25(5,6)7/h13-16H,8-12H2,1-7H3. The minimum absolute atomic E-state index is 0.0855. The summed E-state index contributed by atoms with van der Waals surface area (Å²) in [6.07, 6.45) is 2.79. The number of nitrogens with zero attached hydrogens (tertiary/aromatic N) is 5. The Kier molecular flexibility index (Phi) is 6.16. The van der Waals surface area contributed by atoms with Crippen LogP contribution in [0.4, 0.5) is 0 Å². The third kappa shape index (κ3) is 4.33. The van der Waals surface area contributed by atoms with E-state index in [0.717, 1.165) is 54.9 Å². The summed E-state index contributed by atoms with van der Waals surface area (Å²) in [7, 11) is 0. The van der Waals surface area contributed by atoms with Crippen LogP contribution in [0.5, 0.6) is 0 Å². The molecule has 0 N–H and O–H groups in total. The fraction of sp³-hybridized carbons (Fsp3) is 0.560. The average molecular weight is 454 g/mol. The summed E-state index contributed by atoms with van der Waals surface area (Å²) in [5, 5.41) is 5.43. The number of fused-ring (bicyclic) bond motifs is 1. The maximum absolute atomic E-state index is 13.8. The normalized spacial score (nSPS) is 16.2. The number of pyridine rings is 1. The Hall–Kier alpha value is -2.25. The van der Waals surface area contributed by atoms with E-state index < -0.39 is 0 Å². The van der Waals surface area contributed by atoms with E-state index in [1.165, 1.54) is 9.75 Å². The topological polar surface area (TPSA) is 54.3 Å². The summed E-state index contributed by atoms with van der Waals surface area (Å²) >= 11 is 1.77. The highest BCUT2D eigenvalue weighted by atomic mass is 32.1. The van der Waals surface area contributed by atoms with E-state index in [1.807, 2.05) is 21.8 Å². The van der Waals surface area contributed by atoms with Crippen LogP contribution in [0.2, 0.25) is 0 Å².